The third kappa shape index (κ3) is 6.06. The number of nitrogens with one attached hydrogen (secondary N) is 1. The second-order valence-electron chi connectivity index (χ2n) is 3.42. The second-order valence-corrected chi connectivity index (χ2v) is 5.32. The highest BCUT2D eigenvalue weighted by atomic mass is 31.2. The van der Waals surface area contributed by atoms with Crippen LogP contribution in [0.3, 0.4) is 0 Å². The van der Waals surface area contributed by atoms with Crippen LogP contribution in [0.4, 0.5) is 5.69 Å². The number of rotatable bonds is 7. The van der Waals surface area contributed by atoms with Gasteiger partial charge < -0.3 is 10.00 Å². The van der Waals surface area contributed by atoms with Gasteiger partial charge in [0.2, 0.25) is 0 Å². The zero-order chi connectivity index (χ0) is 12.7. The van der Waals surface area contributed by atoms with Crippen molar-refractivity contribution in [2.45, 2.75) is 12.8 Å². The lowest BCUT2D eigenvalue weighted by atomic mass is 10.3. The van der Waals surface area contributed by atoms with Crippen LogP contribution >= 0.6 is 7.60 Å². The first-order valence-corrected chi connectivity index (χ1v) is 6.79. The fourth-order valence-electron chi connectivity index (χ4n) is 1.11. The summed E-state index contributed by atoms with van der Waals surface area (Å²) in [5, 5.41) is 8.39. The monoisotopic (exact) mass is 259 g/mol. The predicted octanol–water partition coefficient (Wildman–Crippen LogP) is 2.08. The summed E-state index contributed by atoms with van der Waals surface area (Å²) in [5.74, 6) is -0.999. The largest absolute Gasteiger partial charge is 0.481 e. The number of anilines is 1. The Hall–Kier alpha value is -1.36. The van der Waals surface area contributed by atoms with E-state index in [0.29, 0.717) is 5.69 Å². The third-order valence-electron chi connectivity index (χ3n) is 1.91. The van der Waals surface area contributed by atoms with Gasteiger partial charge in [-0.05, 0) is 18.6 Å². The van der Waals surface area contributed by atoms with Crippen molar-refractivity contribution in [3.63, 3.8) is 0 Å². The molecule has 17 heavy (non-hydrogen) atoms. The van der Waals surface area contributed by atoms with E-state index >= 15 is 0 Å². The topological polar surface area (TPSA) is 95.9 Å². The van der Waals surface area contributed by atoms with Gasteiger partial charge in [-0.15, -0.1) is 0 Å². The van der Waals surface area contributed by atoms with Crippen LogP contribution in [0.2, 0.25) is 0 Å². The molecule has 0 saturated heterocycles. The molecule has 0 heterocycles. The predicted molar refractivity (Wildman–Crippen MR) is 62.7 cm³/mol. The van der Waals surface area contributed by atoms with E-state index in [1.165, 1.54) is 0 Å². The summed E-state index contributed by atoms with van der Waals surface area (Å²) in [6.45, 7) is 0. The number of benzene rings is 1. The number of carboxylic acids is 1. The molecule has 7 heteroatoms. The lowest BCUT2D eigenvalue weighted by molar-refractivity contribution is -0.137. The van der Waals surface area contributed by atoms with Crippen LogP contribution in [0.5, 0.6) is 0 Å². The van der Waals surface area contributed by atoms with Crippen molar-refractivity contribution in [2.24, 2.45) is 0 Å². The highest BCUT2D eigenvalue weighted by molar-refractivity contribution is 7.52. The van der Waals surface area contributed by atoms with Crippen LogP contribution in [-0.4, -0.2) is 22.1 Å². The lowest BCUT2D eigenvalue weighted by Gasteiger charge is -2.12. The molecule has 0 aromatic heterocycles. The van der Waals surface area contributed by atoms with E-state index < -0.39 is 13.6 Å². The van der Waals surface area contributed by atoms with Crippen molar-refractivity contribution >= 4 is 19.3 Å². The summed E-state index contributed by atoms with van der Waals surface area (Å²) in [5.41, 5.74) is 2.92. The molecule has 0 fully saturated rings. The minimum atomic E-state index is -3.79. The van der Waals surface area contributed by atoms with Crippen LogP contribution in [0.15, 0.2) is 30.3 Å². The van der Waals surface area contributed by atoms with Gasteiger partial charge in [-0.1, -0.05) is 18.2 Å². The maximum Gasteiger partial charge on any atom is 0.349 e. The molecular weight excluding hydrogens is 245 g/mol. The number of para-hydroxylation sites is 1. The van der Waals surface area contributed by atoms with Gasteiger partial charge in [0, 0.05) is 6.42 Å². The molecule has 0 bridgehead atoms. The summed E-state index contributed by atoms with van der Waals surface area (Å²) in [6, 6.07) is 8.65. The van der Waals surface area contributed by atoms with Crippen molar-refractivity contribution in [1.29, 1.82) is 0 Å². The molecule has 0 spiro atoms. The van der Waals surface area contributed by atoms with Gasteiger partial charge in [-0.25, -0.2) is 0 Å². The van der Waals surface area contributed by atoms with Crippen molar-refractivity contribution in [3.8, 4) is 0 Å². The highest BCUT2D eigenvalue weighted by Crippen LogP contribution is 2.42. The van der Waals surface area contributed by atoms with Crippen molar-refractivity contribution < 1.29 is 24.0 Å². The molecule has 0 amide bonds. The molecule has 1 atom stereocenters. The maximum atomic E-state index is 11.4. The average molecular weight is 259 g/mol. The number of hydrogen-bond acceptors (Lipinski definition) is 4. The maximum absolute atomic E-state index is 11.4. The van der Waals surface area contributed by atoms with Crippen LogP contribution < -0.4 is 5.48 Å². The summed E-state index contributed by atoms with van der Waals surface area (Å²) >= 11 is 0. The Morgan fingerprint density at radius 2 is 2.00 bits per heavy atom. The van der Waals surface area contributed by atoms with Crippen molar-refractivity contribution in [1.82, 2.24) is 0 Å². The van der Waals surface area contributed by atoms with E-state index in [1.54, 1.807) is 30.3 Å². The molecule has 1 aromatic carbocycles. The van der Waals surface area contributed by atoms with Crippen molar-refractivity contribution in [2.75, 3.05) is 11.6 Å². The molecule has 0 radical (unpaired) electrons. The molecule has 3 N–H and O–H groups in total. The lowest BCUT2D eigenvalue weighted by Crippen LogP contribution is -2.03. The fourth-order valence-corrected chi connectivity index (χ4v) is 2.00. The highest BCUT2D eigenvalue weighted by Gasteiger charge is 2.19. The Kier molecular flexibility index (Phi) is 5.15. The van der Waals surface area contributed by atoms with Gasteiger partial charge in [0.05, 0.1) is 11.8 Å². The van der Waals surface area contributed by atoms with Crippen LogP contribution in [0.1, 0.15) is 12.8 Å². The van der Waals surface area contributed by atoms with Gasteiger partial charge in [0.1, 0.15) is 0 Å². The van der Waals surface area contributed by atoms with Gasteiger partial charge in [0.25, 0.3) is 0 Å². The molecule has 1 aromatic rings. The first kappa shape index (κ1) is 13.7. The Bertz CT molecular complexity index is 408. The minimum Gasteiger partial charge on any atom is -0.481 e. The van der Waals surface area contributed by atoms with Crippen molar-refractivity contribution in [3.05, 3.63) is 30.3 Å². The minimum absolute atomic E-state index is 0.0968. The van der Waals surface area contributed by atoms with E-state index in [0.717, 1.165) is 0 Å². The van der Waals surface area contributed by atoms with E-state index in [-0.39, 0.29) is 19.0 Å². The first-order chi connectivity index (χ1) is 7.99. The normalized spacial score (nSPS) is 13.9. The van der Waals surface area contributed by atoms with Crippen LogP contribution in [0.25, 0.3) is 0 Å². The van der Waals surface area contributed by atoms with Gasteiger partial charge in [-0.2, -0.15) is 4.62 Å². The number of carbonyl (C=O) groups is 1. The number of hydrogen-bond donors (Lipinski definition) is 3. The zero-order valence-electron chi connectivity index (χ0n) is 9.07. The molecule has 1 unspecified atom stereocenters. The Morgan fingerprint density at radius 3 is 2.59 bits per heavy atom. The quantitative estimate of drug-likeness (QED) is 0.512. The van der Waals surface area contributed by atoms with E-state index in [4.69, 9.17) is 5.11 Å². The number of aliphatic carboxylic acids is 1. The molecule has 0 aliphatic heterocycles. The molecular formula is C10H14NO5P. The standard InChI is InChI=1S/C10H14NO5P/c12-10(13)7-4-8-17(14,15)16-11-9-5-2-1-3-6-9/h1-3,5-6,11H,4,7-8H2,(H,12,13)(H,14,15). The Labute approximate surface area is 98.7 Å². The van der Waals surface area contributed by atoms with E-state index in [9.17, 15) is 14.3 Å². The second kappa shape index (κ2) is 6.39. The molecule has 1 rings (SSSR count). The summed E-state index contributed by atoms with van der Waals surface area (Å²) in [7, 11) is -3.79. The fraction of sp³-hybridized carbons (Fsp3) is 0.300. The Morgan fingerprint density at radius 1 is 1.35 bits per heavy atom. The SMILES string of the molecule is O=C(O)CCCP(=O)(O)ONc1ccccc1. The van der Waals surface area contributed by atoms with Crippen LogP contribution in [-0.2, 0) is 14.0 Å². The van der Waals surface area contributed by atoms with Crippen LogP contribution in [0, 0.1) is 0 Å². The summed E-state index contributed by atoms with van der Waals surface area (Å²) in [6.07, 6.45) is -0.252. The molecule has 6 nitrogen and oxygen atoms in total. The molecule has 0 aliphatic rings. The van der Waals surface area contributed by atoms with Gasteiger partial charge in [0.15, 0.2) is 0 Å². The average Bonchev–Trinajstić information content (AvgIpc) is 2.27. The Balaban J connectivity index is 2.34. The first-order valence-electron chi connectivity index (χ1n) is 5.03. The van der Waals surface area contributed by atoms with Gasteiger partial charge >= 0.3 is 13.6 Å². The molecule has 0 saturated carbocycles. The number of carboxylic acid groups (broad SMARTS) is 1. The van der Waals surface area contributed by atoms with Gasteiger partial charge in [-0.3, -0.25) is 14.8 Å². The van der Waals surface area contributed by atoms with E-state index in [1.807, 2.05) is 0 Å². The summed E-state index contributed by atoms with van der Waals surface area (Å²) in [4.78, 5) is 19.6. The zero-order valence-corrected chi connectivity index (χ0v) is 9.97. The smallest absolute Gasteiger partial charge is 0.349 e. The summed E-state index contributed by atoms with van der Waals surface area (Å²) < 4.78 is 16.1. The molecule has 94 valence electrons. The molecule has 0 aliphatic carbocycles. The van der Waals surface area contributed by atoms with E-state index in [2.05, 4.69) is 10.1 Å². The third-order valence-corrected chi connectivity index (χ3v) is 3.17.